The minimum Gasteiger partial charge on any atom is -0.488 e. The second-order valence-electron chi connectivity index (χ2n) is 6.40. The van der Waals surface area contributed by atoms with Crippen LogP contribution >= 0.6 is 0 Å². The van der Waals surface area contributed by atoms with Crippen LogP contribution < -0.4 is 10.1 Å². The van der Waals surface area contributed by atoms with Crippen LogP contribution in [0.3, 0.4) is 0 Å². The average molecular weight is 289 g/mol. The number of carbonyl (C=O) groups excluding carboxylic acids is 1. The first-order valence-corrected chi connectivity index (χ1v) is 7.26. The Morgan fingerprint density at radius 1 is 1.38 bits per heavy atom. The zero-order valence-corrected chi connectivity index (χ0v) is 12.8. The van der Waals surface area contributed by atoms with Crippen LogP contribution in [0.2, 0.25) is 0 Å². The molecule has 1 amide bonds. The second-order valence-corrected chi connectivity index (χ2v) is 6.40. The van der Waals surface area contributed by atoms with Crippen molar-refractivity contribution in [3.05, 3.63) is 35.4 Å². The van der Waals surface area contributed by atoms with Crippen molar-refractivity contribution in [1.82, 2.24) is 5.32 Å². The molecule has 4 heteroatoms. The van der Waals surface area contributed by atoms with E-state index in [4.69, 9.17) is 9.84 Å². The van der Waals surface area contributed by atoms with Crippen molar-refractivity contribution in [3.8, 4) is 5.75 Å². The molecule has 2 N–H and O–H groups in total. The van der Waals surface area contributed by atoms with E-state index in [1.54, 1.807) is 0 Å². The maximum absolute atomic E-state index is 12.4. The third-order valence-corrected chi connectivity index (χ3v) is 3.69. The van der Waals surface area contributed by atoms with E-state index in [1.165, 1.54) is 0 Å². The molecule has 1 aliphatic heterocycles. The Kier molecular flexibility index (Phi) is 4.68. The number of aliphatic hydroxyl groups excluding tert-OH is 1. The normalized spacial score (nSPS) is 15.5. The smallest absolute Gasteiger partial charge is 0.250 e. The SMILES string of the molecule is CC(C)(C)C(CCO)NC(=O)C1=Cc2ccccc2OC1. The van der Waals surface area contributed by atoms with E-state index < -0.39 is 0 Å². The van der Waals surface area contributed by atoms with Crippen molar-refractivity contribution >= 4 is 12.0 Å². The molecule has 1 heterocycles. The molecule has 114 valence electrons. The predicted molar refractivity (Wildman–Crippen MR) is 83.0 cm³/mol. The summed E-state index contributed by atoms with van der Waals surface area (Å²) in [5.41, 5.74) is 1.43. The third kappa shape index (κ3) is 3.85. The summed E-state index contributed by atoms with van der Waals surface area (Å²) in [4.78, 5) is 12.4. The maximum Gasteiger partial charge on any atom is 0.250 e. The Bertz CT molecular complexity index is 543. The summed E-state index contributed by atoms with van der Waals surface area (Å²) in [5, 5.41) is 12.2. The van der Waals surface area contributed by atoms with Crippen LogP contribution in [0, 0.1) is 5.41 Å². The van der Waals surface area contributed by atoms with E-state index in [-0.39, 0.29) is 30.6 Å². The molecule has 1 atom stereocenters. The first-order valence-electron chi connectivity index (χ1n) is 7.26. The number of rotatable bonds is 4. The Labute approximate surface area is 125 Å². The molecule has 1 aromatic rings. The summed E-state index contributed by atoms with van der Waals surface area (Å²) < 4.78 is 5.61. The molecule has 1 unspecified atom stereocenters. The van der Waals surface area contributed by atoms with Crippen molar-refractivity contribution in [2.45, 2.75) is 33.2 Å². The minimum atomic E-state index is -0.127. The molecule has 0 aliphatic carbocycles. The van der Waals surface area contributed by atoms with Crippen molar-refractivity contribution in [2.75, 3.05) is 13.2 Å². The van der Waals surface area contributed by atoms with Crippen LogP contribution in [0.1, 0.15) is 32.8 Å². The van der Waals surface area contributed by atoms with E-state index in [9.17, 15) is 4.79 Å². The molecule has 2 rings (SSSR count). The van der Waals surface area contributed by atoms with Crippen LogP contribution in [0.4, 0.5) is 0 Å². The van der Waals surface area contributed by atoms with Gasteiger partial charge >= 0.3 is 0 Å². The molecule has 0 aromatic heterocycles. The zero-order valence-electron chi connectivity index (χ0n) is 12.8. The quantitative estimate of drug-likeness (QED) is 0.894. The van der Waals surface area contributed by atoms with Crippen LogP contribution in [-0.4, -0.2) is 30.3 Å². The number of hydrogen-bond donors (Lipinski definition) is 2. The van der Waals surface area contributed by atoms with Gasteiger partial charge in [0.25, 0.3) is 5.91 Å². The van der Waals surface area contributed by atoms with Crippen LogP contribution in [0.25, 0.3) is 6.08 Å². The lowest BCUT2D eigenvalue weighted by molar-refractivity contribution is -0.119. The molecule has 0 saturated heterocycles. The number of benzene rings is 1. The van der Waals surface area contributed by atoms with E-state index >= 15 is 0 Å². The van der Waals surface area contributed by atoms with Gasteiger partial charge in [0.15, 0.2) is 0 Å². The lowest BCUT2D eigenvalue weighted by Gasteiger charge is -2.31. The third-order valence-electron chi connectivity index (χ3n) is 3.69. The number of ether oxygens (including phenoxy) is 1. The van der Waals surface area contributed by atoms with Crippen LogP contribution in [-0.2, 0) is 4.79 Å². The highest BCUT2D eigenvalue weighted by atomic mass is 16.5. The Morgan fingerprint density at radius 3 is 2.76 bits per heavy atom. The highest BCUT2D eigenvalue weighted by Crippen LogP contribution is 2.27. The molecular formula is C17H23NO3. The zero-order chi connectivity index (χ0) is 15.5. The fraction of sp³-hybridized carbons (Fsp3) is 0.471. The summed E-state index contributed by atoms with van der Waals surface area (Å²) in [7, 11) is 0. The van der Waals surface area contributed by atoms with Gasteiger partial charge in [-0.3, -0.25) is 4.79 Å². The van der Waals surface area contributed by atoms with Gasteiger partial charge in [-0.15, -0.1) is 0 Å². The van der Waals surface area contributed by atoms with Gasteiger partial charge in [0.1, 0.15) is 12.4 Å². The highest BCUT2D eigenvalue weighted by Gasteiger charge is 2.27. The summed E-state index contributed by atoms with van der Waals surface area (Å²) in [6.07, 6.45) is 2.41. The van der Waals surface area contributed by atoms with Crippen molar-refractivity contribution < 1.29 is 14.6 Å². The van der Waals surface area contributed by atoms with Gasteiger partial charge in [-0.2, -0.15) is 0 Å². The number of carbonyl (C=O) groups is 1. The number of para-hydroxylation sites is 1. The first kappa shape index (κ1) is 15.6. The summed E-state index contributed by atoms with van der Waals surface area (Å²) >= 11 is 0. The summed E-state index contributed by atoms with van der Waals surface area (Å²) in [6, 6.07) is 7.58. The maximum atomic E-state index is 12.4. The molecular weight excluding hydrogens is 266 g/mol. The van der Waals surface area contributed by atoms with Gasteiger partial charge in [-0.1, -0.05) is 39.0 Å². The fourth-order valence-corrected chi connectivity index (χ4v) is 2.35. The van der Waals surface area contributed by atoms with Gasteiger partial charge in [0.2, 0.25) is 0 Å². The molecule has 0 fully saturated rings. The van der Waals surface area contributed by atoms with Crippen LogP contribution in [0.5, 0.6) is 5.75 Å². The molecule has 0 spiro atoms. The molecule has 1 aromatic carbocycles. The summed E-state index contributed by atoms with van der Waals surface area (Å²) in [6.45, 7) is 6.48. The average Bonchev–Trinajstić information content (AvgIpc) is 2.45. The summed E-state index contributed by atoms with van der Waals surface area (Å²) in [5.74, 6) is 0.676. The fourth-order valence-electron chi connectivity index (χ4n) is 2.35. The van der Waals surface area contributed by atoms with Gasteiger partial charge in [0, 0.05) is 18.2 Å². The largest absolute Gasteiger partial charge is 0.488 e. The molecule has 4 nitrogen and oxygen atoms in total. The molecule has 0 radical (unpaired) electrons. The number of amides is 1. The second kappa shape index (κ2) is 6.31. The first-order chi connectivity index (χ1) is 9.91. The van der Waals surface area contributed by atoms with Gasteiger partial charge in [-0.05, 0) is 24.0 Å². The number of fused-ring (bicyclic) bond motifs is 1. The molecule has 0 bridgehead atoms. The predicted octanol–water partition coefficient (Wildman–Crippen LogP) is 2.38. The van der Waals surface area contributed by atoms with Crippen molar-refractivity contribution in [2.24, 2.45) is 5.41 Å². The Morgan fingerprint density at radius 2 is 2.10 bits per heavy atom. The lowest BCUT2D eigenvalue weighted by atomic mass is 9.84. The standard InChI is InChI=1S/C17H23NO3/c1-17(2,3)15(8-9-19)18-16(20)13-10-12-6-4-5-7-14(12)21-11-13/h4-7,10,15,19H,8-9,11H2,1-3H3,(H,18,20). The molecule has 21 heavy (non-hydrogen) atoms. The van der Waals surface area contributed by atoms with E-state index in [0.29, 0.717) is 12.0 Å². The monoisotopic (exact) mass is 289 g/mol. The number of aliphatic hydroxyl groups is 1. The number of hydrogen-bond acceptors (Lipinski definition) is 3. The number of nitrogens with one attached hydrogen (secondary N) is 1. The van der Waals surface area contributed by atoms with E-state index in [0.717, 1.165) is 11.3 Å². The van der Waals surface area contributed by atoms with E-state index in [2.05, 4.69) is 26.1 Å². The minimum absolute atomic E-state index is 0.0561. The van der Waals surface area contributed by atoms with Crippen molar-refractivity contribution in [3.63, 3.8) is 0 Å². The molecule has 1 aliphatic rings. The van der Waals surface area contributed by atoms with Gasteiger partial charge in [-0.25, -0.2) is 0 Å². The lowest BCUT2D eigenvalue weighted by Crippen LogP contribution is -2.45. The highest BCUT2D eigenvalue weighted by molar-refractivity contribution is 5.99. The Balaban J connectivity index is 2.12. The topological polar surface area (TPSA) is 58.6 Å². The Hall–Kier alpha value is -1.81. The van der Waals surface area contributed by atoms with E-state index in [1.807, 2.05) is 30.3 Å². The van der Waals surface area contributed by atoms with Crippen LogP contribution in [0.15, 0.2) is 29.8 Å². The molecule has 0 saturated carbocycles. The van der Waals surface area contributed by atoms with Gasteiger partial charge in [0.05, 0.1) is 5.57 Å². The van der Waals surface area contributed by atoms with Gasteiger partial charge < -0.3 is 15.2 Å². The van der Waals surface area contributed by atoms with Crippen molar-refractivity contribution in [1.29, 1.82) is 0 Å².